The average Bonchev–Trinajstić information content (AvgIpc) is 2.90. The normalized spacial score (nSPS) is 26.1. The Morgan fingerprint density at radius 1 is 1.58 bits per heavy atom. The van der Waals surface area contributed by atoms with E-state index in [4.69, 9.17) is 9.84 Å². The van der Waals surface area contributed by atoms with E-state index in [0.29, 0.717) is 0 Å². The second kappa shape index (κ2) is 4.07. The standard InChI is InChI=1S/C10H10F2N4O3/c11-10(12)1-6(19-5(10)2-17)16-4-15-7-8(16)13-3-14-9(7)18/h3-6,17H,1-2H2,(H,13,14,18)/t5-,6+/m0/s1. The third kappa shape index (κ3) is 1.81. The van der Waals surface area contributed by atoms with Crippen LogP contribution in [0.3, 0.4) is 0 Å². The van der Waals surface area contributed by atoms with E-state index in [0.717, 1.165) is 0 Å². The van der Waals surface area contributed by atoms with Crippen molar-refractivity contribution < 1.29 is 18.6 Å². The van der Waals surface area contributed by atoms with Gasteiger partial charge < -0.3 is 14.8 Å². The predicted octanol–water partition coefficient (Wildman–Crippen LogP) is 0.0347. The molecule has 1 saturated heterocycles. The molecule has 0 radical (unpaired) electrons. The lowest BCUT2D eigenvalue weighted by atomic mass is 10.2. The Labute approximate surface area is 104 Å². The lowest BCUT2D eigenvalue weighted by Gasteiger charge is -2.14. The number of ether oxygens (including phenoxy) is 1. The molecule has 0 bridgehead atoms. The van der Waals surface area contributed by atoms with E-state index >= 15 is 0 Å². The van der Waals surface area contributed by atoms with Crippen molar-refractivity contribution in [1.29, 1.82) is 0 Å². The van der Waals surface area contributed by atoms with Gasteiger partial charge in [0.2, 0.25) is 0 Å². The summed E-state index contributed by atoms with van der Waals surface area (Å²) >= 11 is 0. The Hall–Kier alpha value is -1.87. The number of rotatable bonds is 2. The fourth-order valence-corrected chi connectivity index (χ4v) is 2.12. The monoisotopic (exact) mass is 272 g/mol. The van der Waals surface area contributed by atoms with Crippen molar-refractivity contribution in [2.45, 2.75) is 24.7 Å². The van der Waals surface area contributed by atoms with Crippen LogP contribution in [-0.4, -0.2) is 43.3 Å². The van der Waals surface area contributed by atoms with E-state index in [-0.39, 0.29) is 11.2 Å². The smallest absolute Gasteiger partial charge is 0.280 e. The molecule has 2 N–H and O–H groups in total. The summed E-state index contributed by atoms with van der Waals surface area (Å²) in [6, 6.07) is 0. The van der Waals surface area contributed by atoms with Crippen molar-refractivity contribution in [2.24, 2.45) is 0 Å². The predicted molar refractivity (Wildman–Crippen MR) is 58.7 cm³/mol. The molecule has 1 aliphatic rings. The van der Waals surface area contributed by atoms with Crippen LogP contribution in [0.1, 0.15) is 12.6 Å². The van der Waals surface area contributed by atoms with Gasteiger partial charge >= 0.3 is 0 Å². The highest BCUT2D eigenvalue weighted by Crippen LogP contribution is 2.41. The number of aromatic nitrogens is 4. The number of H-pyrrole nitrogens is 1. The summed E-state index contributed by atoms with van der Waals surface area (Å²) in [5.74, 6) is -3.13. The van der Waals surface area contributed by atoms with Crippen molar-refractivity contribution >= 4 is 11.2 Å². The number of halogens is 2. The molecule has 0 aliphatic carbocycles. The lowest BCUT2D eigenvalue weighted by Crippen LogP contribution is -2.31. The number of fused-ring (bicyclic) bond motifs is 1. The minimum atomic E-state index is -3.13. The number of aromatic amines is 1. The van der Waals surface area contributed by atoms with Crippen LogP contribution in [0.4, 0.5) is 8.78 Å². The number of alkyl halides is 2. The molecule has 2 atom stereocenters. The Bertz CT molecular complexity index is 668. The van der Waals surface area contributed by atoms with E-state index in [1.54, 1.807) is 0 Å². The Kier molecular flexibility index (Phi) is 2.61. The summed E-state index contributed by atoms with van der Waals surface area (Å²) in [6.07, 6.45) is -0.770. The molecule has 0 unspecified atom stereocenters. The fourth-order valence-electron chi connectivity index (χ4n) is 2.12. The molecule has 3 rings (SSSR count). The van der Waals surface area contributed by atoms with Gasteiger partial charge in [-0.15, -0.1) is 0 Å². The first-order valence-corrected chi connectivity index (χ1v) is 5.57. The molecule has 7 nitrogen and oxygen atoms in total. The second-order valence-electron chi connectivity index (χ2n) is 4.28. The topological polar surface area (TPSA) is 93.0 Å². The largest absolute Gasteiger partial charge is 0.393 e. The molecule has 0 saturated carbocycles. The molecule has 1 aliphatic heterocycles. The number of nitrogens with one attached hydrogen (secondary N) is 1. The molecule has 0 amide bonds. The van der Waals surface area contributed by atoms with Gasteiger partial charge in [-0.1, -0.05) is 0 Å². The first-order chi connectivity index (χ1) is 9.03. The van der Waals surface area contributed by atoms with Crippen molar-refractivity contribution in [1.82, 2.24) is 19.5 Å². The molecule has 0 spiro atoms. The number of hydrogen-bond acceptors (Lipinski definition) is 5. The molecule has 2 aromatic heterocycles. The van der Waals surface area contributed by atoms with Crippen LogP contribution in [0.15, 0.2) is 17.4 Å². The van der Waals surface area contributed by atoms with Crippen LogP contribution in [0.5, 0.6) is 0 Å². The maximum atomic E-state index is 13.5. The molecule has 19 heavy (non-hydrogen) atoms. The van der Waals surface area contributed by atoms with Gasteiger partial charge in [0.15, 0.2) is 11.2 Å². The highest BCUT2D eigenvalue weighted by Gasteiger charge is 2.50. The molecule has 2 aromatic rings. The van der Waals surface area contributed by atoms with E-state index in [2.05, 4.69) is 15.0 Å². The number of aliphatic hydroxyl groups excluding tert-OH is 1. The van der Waals surface area contributed by atoms with Crippen LogP contribution in [0.2, 0.25) is 0 Å². The number of hydrogen-bond donors (Lipinski definition) is 2. The summed E-state index contributed by atoms with van der Waals surface area (Å²) in [5.41, 5.74) is -0.225. The number of imidazole rings is 1. The highest BCUT2D eigenvalue weighted by molar-refractivity contribution is 5.68. The van der Waals surface area contributed by atoms with Crippen LogP contribution in [-0.2, 0) is 4.74 Å². The van der Waals surface area contributed by atoms with Gasteiger partial charge in [-0.3, -0.25) is 9.36 Å². The third-order valence-electron chi connectivity index (χ3n) is 3.08. The highest BCUT2D eigenvalue weighted by atomic mass is 19.3. The van der Waals surface area contributed by atoms with Crippen molar-refractivity contribution in [3.8, 4) is 0 Å². The van der Waals surface area contributed by atoms with Crippen molar-refractivity contribution in [2.75, 3.05) is 6.61 Å². The molecular weight excluding hydrogens is 262 g/mol. The minimum Gasteiger partial charge on any atom is -0.393 e. The van der Waals surface area contributed by atoms with Crippen LogP contribution < -0.4 is 5.56 Å². The molecule has 3 heterocycles. The van der Waals surface area contributed by atoms with Gasteiger partial charge in [0.05, 0.1) is 25.7 Å². The minimum absolute atomic E-state index is 0.0573. The number of nitrogens with zero attached hydrogens (tertiary/aromatic N) is 3. The van der Waals surface area contributed by atoms with Crippen molar-refractivity contribution in [3.05, 3.63) is 23.0 Å². The summed E-state index contributed by atoms with van der Waals surface area (Å²) in [4.78, 5) is 21.5. The molecule has 9 heteroatoms. The Morgan fingerprint density at radius 2 is 2.37 bits per heavy atom. The van der Waals surface area contributed by atoms with Gasteiger partial charge in [0, 0.05) is 0 Å². The van der Waals surface area contributed by atoms with E-state index in [9.17, 15) is 13.6 Å². The quantitative estimate of drug-likeness (QED) is 0.804. The average molecular weight is 272 g/mol. The second-order valence-corrected chi connectivity index (χ2v) is 4.28. The van der Waals surface area contributed by atoms with E-state index in [1.807, 2.05) is 0 Å². The zero-order chi connectivity index (χ0) is 13.6. The van der Waals surface area contributed by atoms with E-state index < -0.39 is 36.8 Å². The first kappa shape index (κ1) is 12.2. The zero-order valence-electron chi connectivity index (χ0n) is 9.58. The van der Waals surface area contributed by atoms with Crippen LogP contribution in [0, 0.1) is 0 Å². The Balaban J connectivity index is 2.03. The summed E-state index contributed by atoms with van der Waals surface area (Å²) in [7, 11) is 0. The SMILES string of the molecule is O=c1[nH]cnc2c1ncn2[C@H]1CC(F)(F)[C@H](CO)O1. The summed E-state index contributed by atoms with van der Waals surface area (Å²) < 4.78 is 33.4. The maximum Gasteiger partial charge on any atom is 0.280 e. The summed E-state index contributed by atoms with van der Waals surface area (Å²) in [6.45, 7) is -0.774. The summed E-state index contributed by atoms with van der Waals surface area (Å²) in [5, 5.41) is 8.87. The molecule has 1 fully saturated rings. The van der Waals surface area contributed by atoms with Gasteiger partial charge in [0.1, 0.15) is 12.3 Å². The number of aliphatic hydroxyl groups is 1. The lowest BCUT2D eigenvalue weighted by molar-refractivity contribution is -0.101. The third-order valence-corrected chi connectivity index (χ3v) is 3.08. The molecule has 102 valence electrons. The van der Waals surface area contributed by atoms with Gasteiger partial charge in [-0.2, -0.15) is 0 Å². The van der Waals surface area contributed by atoms with Gasteiger partial charge in [0.25, 0.3) is 11.5 Å². The van der Waals surface area contributed by atoms with E-state index in [1.165, 1.54) is 17.2 Å². The maximum absolute atomic E-state index is 13.5. The Morgan fingerprint density at radius 3 is 3.05 bits per heavy atom. The molecule has 0 aromatic carbocycles. The van der Waals surface area contributed by atoms with Gasteiger partial charge in [-0.05, 0) is 0 Å². The van der Waals surface area contributed by atoms with Crippen LogP contribution in [0.25, 0.3) is 11.2 Å². The first-order valence-electron chi connectivity index (χ1n) is 5.57. The van der Waals surface area contributed by atoms with Crippen molar-refractivity contribution in [3.63, 3.8) is 0 Å². The molecular formula is C10H10F2N4O3. The fraction of sp³-hybridized carbons (Fsp3) is 0.500. The van der Waals surface area contributed by atoms with Gasteiger partial charge in [-0.25, -0.2) is 18.7 Å². The van der Waals surface area contributed by atoms with Crippen LogP contribution >= 0.6 is 0 Å². The zero-order valence-corrected chi connectivity index (χ0v) is 9.58.